The average molecular weight is 459 g/mol. The van der Waals surface area contributed by atoms with Gasteiger partial charge in [-0.1, -0.05) is 18.2 Å². The molecule has 0 saturated heterocycles. The van der Waals surface area contributed by atoms with Gasteiger partial charge in [-0.2, -0.15) is 0 Å². The van der Waals surface area contributed by atoms with Gasteiger partial charge in [-0.15, -0.1) is 0 Å². The number of rotatable bonds is 6. The number of carbonyl (C=O) groups is 2. The molecule has 0 spiro atoms. The van der Waals surface area contributed by atoms with E-state index in [4.69, 9.17) is 9.47 Å². The number of aromatic nitrogens is 1. The van der Waals surface area contributed by atoms with Crippen molar-refractivity contribution < 1.29 is 28.6 Å². The van der Waals surface area contributed by atoms with Crippen LogP contribution in [0.25, 0.3) is 10.9 Å². The Balaban J connectivity index is 1.35. The van der Waals surface area contributed by atoms with E-state index in [1.165, 1.54) is 12.1 Å². The summed E-state index contributed by atoms with van der Waals surface area (Å²) in [4.78, 5) is 24.7. The molecule has 2 heterocycles. The van der Waals surface area contributed by atoms with E-state index < -0.39 is 5.97 Å². The monoisotopic (exact) mass is 459 g/mol. The molecule has 1 N–H and O–H groups in total. The number of halogens is 1. The molecular weight excluding hydrogens is 437 g/mol. The van der Waals surface area contributed by atoms with Crippen LogP contribution in [0.2, 0.25) is 0 Å². The second-order valence-electron chi connectivity index (χ2n) is 8.32. The molecule has 7 heteroatoms. The summed E-state index contributed by atoms with van der Waals surface area (Å²) >= 11 is 0. The van der Waals surface area contributed by atoms with Crippen molar-refractivity contribution in [2.24, 2.45) is 0 Å². The minimum atomic E-state index is -0.946. The number of carboxylic acid groups (broad SMARTS) is 1. The number of ether oxygens (including phenoxy) is 2. The minimum Gasteiger partial charge on any atom is -0.493 e. The molecule has 1 aromatic heterocycles. The second kappa shape index (κ2) is 8.67. The first-order valence-corrected chi connectivity index (χ1v) is 10.9. The molecule has 4 aromatic rings. The van der Waals surface area contributed by atoms with Gasteiger partial charge in [-0.05, 0) is 61.0 Å². The summed E-state index contributed by atoms with van der Waals surface area (Å²) < 4.78 is 26.6. The van der Waals surface area contributed by atoms with Gasteiger partial charge in [-0.3, -0.25) is 14.2 Å². The van der Waals surface area contributed by atoms with Gasteiger partial charge in [0.25, 0.3) is 5.91 Å². The van der Waals surface area contributed by atoms with Crippen LogP contribution in [0.4, 0.5) is 4.39 Å². The Hall–Kier alpha value is -4.13. The summed E-state index contributed by atoms with van der Waals surface area (Å²) in [5.41, 5.74) is 3.16. The van der Waals surface area contributed by atoms with Gasteiger partial charge < -0.3 is 14.6 Å². The first-order valence-electron chi connectivity index (χ1n) is 10.9. The van der Waals surface area contributed by atoms with Crippen LogP contribution in [0.5, 0.6) is 11.5 Å². The average Bonchev–Trinajstić information content (AvgIpc) is 3.35. The van der Waals surface area contributed by atoms with Crippen LogP contribution in [0.15, 0.2) is 66.7 Å². The smallest absolute Gasteiger partial charge is 0.307 e. The van der Waals surface area contributed by atoms with Crippen LogP contribution in [0, 0.1) is 12.7 Å². The van der Waals surface area contributed by atoms with Crippen molar-refractivity contribution in [3.8, 4) is 11.5 Å². The van der Waals surface area contributed by atoms with Gasteiger partial charge in [0.15, 0.2) is 0 Å². The number of nitrogens with zero attached hydrogens (tertiary/aromatic N) is 1. The highest BCUT2D eigenvalue weighted by molar-refractivity contribution is 6.04. The molecule has 1 aliphatic rings. The van der Waals surface area contributed by atoms with E-state index in [0.29, 0.717) is 47.1 Å². The van der Waals surface area contributed by atoms with E-state index in [2.05, 4.69) is 0 Å². The lowest BCUT2D eigenvalue weighted by Gasteiger charge is -2.12. The van der Waals surface area contributed by atoms with Crippen molar-refractivity contribution in [2.45, 2.75) is 19.3 Å². The fourth-order valence-corrected chi connectivity index (χ4v) is 4.48. The fourth-order valence-electron chi connectivity index (χ4n) is 4.48. The zero-order valence-corrected chi connectivity index (χ0v) is 18.5. The zero-order valence-electron chi connectivity index (χ0n) is 18.5. The Labute approximate surface area is 195 Å². The lowest BCUT2D eigenvalue weighted by Crippen LogP contribution is -2.14. The van der Waals surface area contributed by atoms with Crippen LogP contribution in [-0.4, -0.2) is 34.8 Å². The maximum Gasteiger partial charge on any atom is 0.307 e. The van der Waals surface area contributed by atoms with Crippen molar-refractivity contribution in [3.05, 3.63) is 94.9 Å². The summed E-state index contributed by atoms with van der Waals surface area (Å²) in [7, 11) is 0. The van der Waals surface area contributed by atoms with Gasteiger partial charge in [0.1, 0.15) is 17.3 Å². The van der Waals surface area contributed by atoms with Crippen LogP contribution in [0.1, 0.15) is 33.1 Å². The maximum absolute atomic E-state index is 13.6. The quantitative estimate of drug-likeness (QED) is 0.441. The third kappa shape index (κ3) is 3.90. The number of hydrogen-bond acceptors (Lipinski definition) is 4. The summed E-state index contributed by atoms with van der Waals surface area (Å²) in [6.07, 6.45) is -0.155. The molecule has 3 aromatic carbocycles. The molecular formula is C27H22FNO5. The zero-order chi connectivity index (χ0) is 23.8. The number of aliphatic carboxylic acids is 1. The summed E-state index contributed by atoms with van der Waals surface area (Å²) in [5.74, 6) is -0.317. The fraction of sp³-hybridized carbons (Fsp3) is 0.185. The molecule has 5 rings (SSSR count). The van der Waals surface area contributed by atoms with E-state index >= 15 is 0 Å². The van der Waals surface area contributed by atoms with Crippen LogP contribution in [0.3, 0.4) is 0 Å². The number of hydrogen-bond donors (Lipinski definition) is 1. The molecule has 0 saturated carbocycles. The van der Waals surface area contributed by atoms with Crippen molar-refractivity contribution in [1.82, 2.24) is 4.57 Å². The maximum atomic E-state index is 13.6. The van der Waals surface area contributed by atoms with Gasteiger partial charge in [0.05, 0.1) is 31.1 Å². The molecule has 172 valence electrons. The normalized spacial score (nSPS) is 14.6. The lowest BCUT2D eigenvalue weighted by molar-refractivity contribution is -0.136. The highest BCUT2D eigenvalue weighted by atomic mass is 19.1. The predicted molar refractivity (Wildman–Crippen MR) is 124 cm³/mol. The van der Waals surface area contributed by atoms with E-state index in [1.54, 1.807) is 41.8 Å². The summed E-state index contributed by atoms with van der Waals surface area (Å²) in [6, 6.07) is 18.6. The third-order valence-corrected chi connectivity index (χ3v) is 6.18. The Bertz CT molecular complexity index is 1410. The Morgan fingerprint density at radius 1 is 1.12 bits per heavy atom. The number of carboxylic acids is 1. The molecule has 6 nitrogen and oxygen atoms in total. The van der Waals surface area contributed by atoms with Gasteiger partial charge in [0.2, 0.25) is 0 Å². The van der Waals surface area contributed by atoms with Gasteiger partial charge in [0, 0.05) is 22.2 Å². The van der Waals surface area contributed by atoms with Crippen molar-refractivity contribution in [2.75, 3.05) is 13.2 Å². The van der Waals surface area contributed by atoms with E-state index in [9.17, 15) is 19.1 Å². The van der Waals surface area contributed by atoms with E-state index in [-0.39, 0.29) is 24.1 Å². The van der Waals surface area contributed by atoms with Crippen LogP contribution in [-0.2, 0) is 11.2 Å². The number of carbonyl (C=O) groups excluding carboxylic acids is 1. The molecule has 0 fully saturated rings. The summed E-state index contributed by atoms with van der Waals surface area (Å²) in [5, 5.41) is 10.1. The topological polar surface area (TPSA) is 77.8 Å². The van der Waals surface area contributed by atoms with Crippen molar-refractivity contribution in [3.63, 3.8) is 0 Å². The first kappa shape index (κ1) is 21.7. The highest BCUT2D eigenvalue weighted by Crippen LogP contribution is 2.35. The third-order valence-electron chi connectivity index (χ3n) is 6.18. The van der Waals surface area contributed by atoms with Gasteiger partial charge >= 0.3 is 5.97 Å². The van der Waals surface area contributed by atoms with Gasteiger partial charge in [-0.25, -0.2) is 4.39 Å². The lowest BCUT2D eigenvalue weighted by atomic mass is 10.0. The Morgan fingerprint density at radius 3 is 2.65 bits per heavy atom. The first-order chi connectivity index (χ1) is 16.4. The Morgan fingerprint density at radius 2 is 1.88 bits per heavy atom. The second-order valence-corrected chi connectivity index (χ2v) is 8.32. The van der Waals surface area contributed by atoms with Crippen LogP contribution >= 0.6 is 0 Å². The predicted octanol–water partition coefficient (Wildman–Crippen LogP) is 4.96. The van der Waals surface area contributed by atoms with Crippen LogP contribution < -0.4 is 9.47 Å². The number of benzene rings is 3. The standard InChI is InChI=1S/C27H22FNO5/c1-16-22(13-26(30)31)21-4-2-3-5-24(21)29(16)27(32)17-6-9-20(10-7-17)33-14-18-15-34-25-11-8-19(28)12-23(18)25/h2-12,18H,13-15H2,1H3,(H,30,31). The molecule has 0 aliphatic carbocycles. The Kier molecular flexibility index (Phi) is 5.53. The molecule has 0 bridgehead atoms. The molecule has 1 unspecified atom stereocenters. The SMILES string of the molecule is Cc1c(CC(=O)O)c2ccccc2n1C(=O)c1ccc(OCC2COc3ccc(F)cc32)cc1. The summed E-state index contributed by atoms with van der Waals surface area (Å²) in [6.45, 7) is 2.51. The molecule has 0 radical (unpaired) electrons. The largest absolute Gasteiger partial charge is 0.493 e. The molecule has 34 heavy (non-hydrogen) atoms. The van der Waals surface area contributed by atoms with E-state index in [0.717, 1.165) is 10.9 Å². The van der Waals surface area contributed by atoms with Crippen molar-refractivity contribution >= 4 is 22.8 Å². The molecule has 1 atom stereocenters. The van der Waals surface area contributed by atoms with E-state index in [1.807, 2.05) is 24.3 Å². The molecule has 1 aliphatic heterocycles. The number of fused-ring (bicyclic) bond motifs is 2. The minimum absolute atomic E-state index is 0.0754. The molecule has 0 amide bonds. The highest BCUT2D eigenvalue weighted by Gasteiger charge is 2.25. The number of para-hydroxylation sites is 1. The van der Waals surface area contributed by atoms with Crippen molar-refractivity contribution in [1.29, 1.82) is 0 Å².